The number of aliphatic hydroxyl groups excluding tert-OH is 1. The fraction of sp³-hybridized carbons (Fsp3) is 0.538. The molecule has 1 rings (SSSR count). The summed E-state index contributed by atoms with van der Waals surface area (Å²) in [4.78, 5) is 0. The van der Waals surface area contributed by atoms with E-state index in [4.69, 9.17) is 15.2 Å². The molecule has 1 aromatic rings. The highest BCUT2D eigenvalue weighted by Crippen LogP contribution is 2.36. The van der Waals surface area contributed by atoms with Gasteiger partial charge in [0.25, 0.3) is 0 Å². The Morgan fingerprint density at radius 2 is 1.59 bits per heavy atom. The van der Waals surface area contributed by atoms with Crippen LogP contribution in [0.4, 0.5) is 0 Å². The lowest BCUT2D eigenvalue weighted by molar-refractivity contribution is 0.184. The number of aliphatic hydroxyl groups is 1. The van der Waals surface area contributed by atoms with Crippen LogP contribution in [0.2, 0.25) is 0 Å². The molecule has 0 saturated heterocycles. The molecule has 0 heterocycles. The summed E-state index contributed by atoms with van der Waals surface area (Å²) in [6.07, 6.45) is -0.674. The first-order valence-electron chi connectivity index (χ1n) is 5.69. The molecule has 0 bridgehead atoms. The molecule has 0 fully saturated rings. The van der Waals surface area contributed by atoms with Gasteiger partial charge in [0, 0.05) is 6.54 Å². The van der Waals surface area contributed by atoms with E-state index in [0.717, 1.165) is 11.1 Å². The van der Waals surface area contributed by atoms with E-state index in [-0.39, 0.29) is 12.5 Å². The summed E-state index contributed by atoms with van der Waals surface area (Å²) >= 11 is 0. The summed E-state index contributed by atoms with van der Waals surface area (Å²) in [5, 5.41) is 9.92. The van der Waals surface area contributed by atoms with E-state index < -0.39 is 6.10 Å². The van der Waals surface area contributed by atoms with Gasteiger partial charge in [-0.2, -0.15) is 0 Å². The third kappa shape index (κ3) is 2.90. The van der Waals surface area contributed by atoms with Crippen molar-refractivity contribution in [3.05, 3.63) is 23.3 Å². The van der Waals surface area contributed by atoms with Gasteiger partial charge >= 0.3 is 0 Å². The Bertz CT molecular complexity index is 377. The van der Waals surface area contributed by atoms with Crippen LogP contribution in [0.15, 0.2) is 12.1 Å². The van der Waals surface area contributed by atoms with Crippen molar-refractivity contribution in [2.45, 2.75) is 25.9 Å². The van der Waals surface area contributed by atoms with Crippen molar-refractivity contribution >= 4 is 0 Å². The molecule has 0 amide bonds. The Morgan fingerprint density at radius 3 is 1.94 bits per heavy atom. The summed E-state index contributed by atoms with van der Waals surface area (Å²) in [5.41, 5.74) is 7.35. The molecule has 0 aliphatic heterocycles. The number of ether oxygens (including phenoxy) is 2. The van der Waals surface area contributed by atoms with Crippen LogP contribution in [-0.4, -0.2) is 25.9 Å². The van der Waals surface area contributed by atoms with Gasteiger partial charge in [-0.3, -0.25) is 0 Å². The molecule has 0 aliphatic rings. The maximum atomic E-state index is 9.92. The molecule has 96 valence electrons. The van der Waals surface area contributed by atoms with E-state index in [1.54, 1.807) is 20.3 Å². The van der Waals surface area contributed by atoms with E-state index >= 15 is 0 Å². The molecule has 4 nitrogen and oxygen atoms in total. The highest BCUT2D eigenvalue weighted by atomic mass is 16.5. The Hall–Kier alpha value is -1.26. The standard InChI is InChI=1S/C13H21NO3/c1-8(2)9-5-12(16-3)13(17-4)6-10(9)11(15)7-14/h5-6,8,11,15H,7,14H2,1-4H3. The molecule has 1 unspecified atom stereocenters. The zero-order valence-corrected chi connectivity index (χ0v) is 10.9. The van der Waals surface area contributed by atoms with Gasteiger partial charge < -0.3 is 20.3 Å². The number of rotatable bonds is 5. The topological polar surface area (TPSA) is 64.7 Å². The average molecular weight is 239 g/mol. The quantitative estimate of drug-likeness (QED) is 0.822. The van der Waals surface area contributed by atoms with Gasteiger partial charge in [-0.15, -0.1) is 0 Å². The molecule has 3 N–H and O–H groups in total. The Morgan fingerprint density at radius 1 is 1.12 bits per heavy atom. The van der Waals surface area contributed by atoms with Crippen molar-refractivity contribution in [3.63, 3.8) is 0 Å². The monoisotopic (exact) mass is 239 g/mol. The zero-order valence-electron chi connectivity index (χ0n) is 10.9. The Labute approximate surface area is 102 Å². The fourth-order valence-corrected chi connectivity index (χ4v) is 1.83. The molecule has 0 aliphatic carbocycles. The molecule has 0 aromatic heterocycles. The second kappa shape index (κ2) is 5.89. The van der Waals surface area contributed by atoms with E-state index in [9.17, 15) is 5.11 Å². The summed E-state index contributed by atoms with van der Waals surface area (Å²) < 4.78 is 10.5. The summed E-state index contributed by atoms with van der Waals surface area (Å²) in [7, 11) is 3.17. The smallest absolute Gasteiger partial charge is 0.161 e. The first kappa shape index (κ1) is 13.8. The molecule has 0 spiro atoms. The highest BCUT2D eigenvalue weighted by Gasteiger charge is 2.18. The van der Waals surface area contributed by atoms with Crippen LogP contribution in [0, 0.1) is 0 Å². The Balaban J connectivity index is 3.34. The van der Waals surface area contributed by atoms with Crippen molar-refractivity contribution in [2.75, 3.05) is 20.8 Å². The van der Waals surface area contributed by atoms with Crippen LogP contribution in [0.25, 0.3) is 0 Å². The number of hydrogen-bond acceptors (Lipinski definition) is 4. The van der Waals surface area contributed by atoms with Gasteiger partial charge in [-0.25, -0.2) is 0 Å². The van der Waals surface area contributed by atoms with E-state index in [0.29, 0.717) is 11.5 Å². The van der Waals surface area contributed by atoms with Crippen LogP contribution in [0.1, 0.15) is 37.0 Å². The van der Waals surface area contributed by atoms with E-state index in [1.807, 2.05) is 6.07 Å². The van der Waals surface area contributed by atoms with E-state index in [2.05, 4.69) is 13.8 Å². The third-order valence-corrected chi connectivity index (χ3v) is 2.79. The van der Waals surface area contributed by atoms with Crippen molar-refractivity contribution in [1.82, 2.24) is 0 Å². The van der Waals surface area contributed by atoms with Gasteiger partial charge in [0.05, 0.1) is 20.3 Å². The molecule has 1 aromatic carbocycles. The summed E-state index contributed by atoms with van der Waals surface area (Å²) in [5.74, 6) is 1.56. The van der Waals surface area contributed by atoms with Gasteiger partial charge in [0.2, 0.25) is 0 Å². The molecule has 17 heavy (non-hydrogen) atoms. The SMILES string of the molecule is COc1cc(C(C)C)c(C(O)CN)cc1OC. The van der Waals surface area contributed by atoms with E-state index in [1.165, 1.54) is 0 Å². The van der Waals surface area contributed by atoms with Gasteiger partial charge in [-0.1, -0.05) is 13.8 Å². The summed E-state index contributed by atoms with van der Waals surface area (Å²) in [6, 6.07) is 3.70. The first-order chi connectivity index (χ1) is 8.04. The second-order valence-corrected chi connectivity index (χ2v) is 4.24. The predicted octanol–water partition coefficient (Wildman–Crippen LogP) is 1.82. The molecular formula is C13H21NO3. The van der Waals surface area contributed by atoms with Gasteiger partial charge in [-0.05, 0) is 29.2 Å². The number of benzene rings is 1. The van der Waals surface area contributed by atoms with Crippen LogP contribution in [-0.2, 0) is 0 Å². The number of nitrogens with two attached hydrogens (primary N) is 1. The minimum Gasteiger partial charge on any atom is -0.493 e. The van der Waals surface area contributed by atoms with Crippen molar-refractivity contribution < 1.29 is 14.6 Å². The summed E-state index contributed by atoms with van der Waals surface area (Å²) in [6.45, 7) is 4.32. The minimum atomic E-state index is -0.674. The molecule has 0 radical (unpaired) electrons. The average Bonchev–Trinajstić information content (AvgIpc) is 2.35. The lowest BCUT2D eigenvalue weighted by Gasteiger charge is -2.19. The Kier molecular flexibility index (Phi) is 4.78. The highest BCUT2D eigenvalue weighted by molar-refractivity contribution is 5.49. The fourth-order valence-electron chi connectivity index (χ4n) is 1.83. The molecule has 1 atom stereocenters. The lowest BCUT2D eigenvalue weighted by atomic mass is 9.93. The van der Waals surface area contributed by atoms with Crippen molar-refractivity contribution in [1.29, 1.82) is 0 Å². The van der Waals surface area contributed by atoms with Crippen LogP contribution >= 0.6 is 0 Å². The van der Waals surface area contributed by atoms with Crippen molar-refractivity contribution in [3.8, 4) is 11.5 Å². The van der Waals surface area contributed by atoms with Crippen LogP contribution in [0.3, 0.4) is 0 Å². The maximum Gasteiger partial charge on any atom is 0.161 e. The number of methoxy groups -OCH3 is 2. The minimum absolute atomic E-state index is 0.190. The maximum absolute atomic E-state index is 9.92. The van der Waals surface area contributed by atoms with Crippen LogP contribution in [0.5, 0.6) is 11.5 Å². The first-order valence-corrected chi connectivity index (χ1v) is 5.69. The second-order valence-electron chi connectivity index (χ2n) is 4.24. The van der Waals surface area contributed by atoms with Gasteiger partial charge in [0.15, 0.2) is 11.5 Å². The predicted molar refractivity (Wildman–Crippen MR) is 67.6 cm³/mol. The molecule has 0 saturated carbocycles. The zero-order chi connectivity index (χ0) is 13.0. The van der Waals surface area contributed by atoms with Crippen LogP contribution < -0.4 is 15.2 Å². The lowest BCUT2D eigenvalue weighted by Crippen LogP contribution is -2.14. The van der Waals surface area contributed by atoms with Crippen molar-refractivity contribution in [2.24, 2.45) is 5.73 Å². The molecule has 4 heteroatoms. The molecular weight excluding hydrogens is 218 g/mol. The number of hydrogen-bond donors (Lipinski definition) is 2. The largest absolute Gasteiger partial charge is 0.493 e. The third-order valence-electron chi connectivity index (χ3n) is 2.79. The normalized spacial score (nSPS) is 12.6. The van der Waals surface area contributed by atoms with Gasteiger partial charge in [0.1, 0.15) is 0 Å².